The predicted molar refractivity (Wildman–Crippen MR) is 145 cm³/mol. The van der Waals surface area contributed by atoms with Crippen molar-refractivity contribution in [3.63, 3.8) is 0 Å². The Morgan fingerprint density at radius 1 is 0.861 bits per heavy atom. The van der Waals surface area contributed by atoms with Crippen LogP contribution in [0.5, 0.6) is 0 Å². The van der Waals surface area contributed by atoms with Gasteiger partial charge in [0.2, 0.25) is 5.95 Å². The van der Waals surface area contributed by atoms with Crippen molar-refractivity contribution in [3.8, 4) is 11.3 Å². The van der Waals surface area contributed by atoms with Crippen molar-refractivity contribution in [1.29, 1.82) is 0 Å². The molecule has 2 unspecified atom stereocenters. The number of H-pyrrole nitrogens is 1. The van der Waals surface area contributed by atoms with Crippen LogP contribution in [-0.4, -0.2) is 45.3 Å². The van der Waals surface area contributed by atoms with E-state index in [1.165, 1.54) is 79.6 Å². The molecule has 2 fully saturated rings. The van der Waals surface area contributed by atoms with E-state index in [0.717, 1.165) is 50.5 Å². The number of nitrogens with zero attached hydrogens (tertiary/aromatic N) is 4. The summed E-state index contributed by atoms with van der Waals surface area (Å²) in [5, 5.41) is 15.1. The minimum absolute atomic E-state index is 0.343. The summed E-state index contributed by atoms with van der Waals surface area (Å²) in [4.78, 5) is 12.8. The van der Waals surface area contributed by atoms with E-state index in [-0.39, 0.29) is 0 Å². The Bertz CT molecular complexity index is 1130. The largest absolute Gasteiger partial charge is 0.356 e. The molecule has 36 heavy (non-hydrogen) atoms. The molecule has 1 saturated heterocycles. The van der Waals surface area contributed by atoms with Gasteiger partial charge in [-0.05, 0) is 63.4 Å². The van der Waals surface area contributed by atoms with Crippen LogP contribution in [0.15, 0.2) is 36.5 Å². The summed E-state index contributed by atoms with van der Waals surface area (Å²) in [5.74, 6) is 2.05. The molecular weight excluding hydrogens is 446 g/mol. The number of aromatic amines is 1. The van der Waals surface area contributed by atoms with Gasteiger partial charge in [-0.15, -0.1) is 0 Å². The van der Waals surface area contributed by atoms with Crippen molar-refractivity contribution in [1.82, 2.24) is 25.5 Å². The van der Waals surface area contributed by atoms with Crippen LogP contribution < -0.4 is 15.5 Å². The number of hydrogen-bond donors (Lipinski definition) is 3. The minimum atomic E-state index is 0.343. The molecule has 2 atom stereocenters. The molecule has 7 nitrogen and oxygen atoms in total. The van der Waals surface area contributed by atoms with Gasteiger partial charge < -0.3 is 15.5 Å². The summed E-state index contributed by atoms with van der Waals surface area (Å²) in [5.41, 5.74) is 6.19. The summed E-state index contributed by atoms with van der Waals surface area (Å²) in [6.45, 7) is 3.06. The number of hydrogen-bond acceptors (Lipinski definition) is 6. The number of anilines is 2. The van der Waals surface area contributed by atoms with Crippen LogP contribution in [0.2, 0.25) is 0 Å². The molecule has 0 radical (unpaired) electrons. The highest BCUT2D eigenvalue weighted by Crippen LogP contribution is 2.32. The molecule has 3 aliphatic rings. The smallest absolute Gasteiger partial charge is 0.225 e. The average Bonchev–Trinajstić information content (AvgIpc) is 3.49. The van der Waals surface area contributed by atoms with Gasteiger partial charge in [0.05, 0.1) is 17.6 Å². The summed E-state index contributed by atoms with van der Waals surface area (Å²) < 4.78 is 0. The van der Waals surface area contributed by atoms with Crippen molar-refractivity contribution in [2.75, 3.05) is 23.3 Å². The van der Waals surface area contributed by atoms with Gasteiger partial charge in [0.1, 0.15) is 5.82 Å². The molecular formula is C29H39N7. The van der Waals surface area contributed by atoms with E-state index in [4.69, 9.17) is 9.97 Å². The summed E-state index contributed by atoms with van der Waals surface area (Å²) in [6.07, 6.45) is 15.4. The highest BCUT2D eigenvalue weighted by Gasteiger charge is 2.29. The lowest BCUT2D eigenvalue weighted by atomic mass is 9.96. The van der Waals surface area contributed by atoms with Crippen molar-refractivity contribution >= 4 is 11.8 Å². The lowest BCUT2D eigenvalue weighted by molar-refractivity contribution is 0.491. The van der Waals surface area contributed by atoms with Crippen LogP contribution in [0.1, 0.15) is 74.6 Å². The lowest BCUT2D eigenvalue weighted by Gasteiger charge is -2.29. The Kier molecular flexibility index (Phi) is 7.17. The summed E-state index contributed by atoms with van der Waals surface area (Å²) in [7, 11) is 0. The fourth-order valence-corrected chi connectivity index (χ4v) is 6.27. The summed E-state index contributed by atoms with van der Waals surface area (Å²) >= 11 is 0. The quantitative estimate of drug-likeness (QED) is 0.424. The Balaban J connectivity index is 1.17. The van der Waals surface area contributed by atoms with Crippen LogP contribution in [0.25, 0.3) is 11.3 Å². The first-order valence-corrected chi connectivity index (χ1v) is 14.1. The van der Waals surface area contributed by atoms with Crippen LogP contribution in [0.4, 0.5) is 11.8 Å². The van der Waals surface area contributed by atoms with Gasteiger partial charge in [0.25, 0.3) is 0 Å². The average molecular weight is 486 g/mol. The van der Waals surface area contributed by atoms with E-state index in [2.05, 4.69) is 50.0 Å². The standard InChI is InChI=1S/C29H39N7/c1-2-9-18-36(17-8-1)28-23-13-6-7-14-24(23)32-29(34-28)33-26-16-10-15-25(26)30-19-22-20-31-35-27(22)21-11-4-3-5-12-21/h3-5,11-12,20,25-26,30H,1-2,6-10,13-19H2,(H,31,35)(H,32,33,34). The van der Waals surface area contributed by atoms with Gasteiger partial charge in [0, 0.05) is 42.8 Å². The molecule has 7 heteroatoms. The van der Waals surface area contributed by atoms with Crippen LogP contribution in [-0.2, 0) is 19.4 Å². The number of aromatic nitrogens is 4. The number of rotatable bonds is 7. The van der Waals surface area contributed by atoms with Gasteiger partial charge in [-0.2, -0.15) is 10.1 Å². The lowest BCUT2D eigenvalue weighted by Crippen LogP contribution is -2.40. The van der Waals surface area contributed by atoms with Gasteiger partial charge in [-0.3, -0.25) is 5.10 Å². The molecule has 3 heterocycles. The zero-order valence-electron chi connectivity index (χ0n) is 21.3. The second kappa shape index (κ2) is 11.0. The SMILES string of the molecule is c1ccc(-c2[nH]ncc2CNC2CCCC2Nc2nc3c(c(N4CCCCCC4)n2)CCCC3)cc1. The molecule has 6 rings (SSSR count). The molecule has 1 saturated carbocycles. The monoisotopic (exact) mass is 485 g/mol. The van der Waals surface area contributed by atoms with Crippen molar-refractivity contribution in [2.45, 2.75) is 89.3 Å². The molecule has 1 aliphatic heterocycles. The van der Waals surface area contributed by atoms with E-state index in [0.29, 0.717) is 12.1 Å². The Morgan fingerprint density at radius 2 is 1.67 bits per heavy atom. The molecule has 0 amide bonds. The highest BCUT2D eigenvalue weighted by molar-refractivity contribution is 5.62. The zero-order chi connectivity index (χ0) is 24.2. The van der Waals surface area contributed by atoms with Gasteiger partial charge in [-0.25, -0.2) is 4.98 Å². The number of aryl methyl sites for hydroxylation is 1. The van der Waals surface area contributed by atoms with Crippen LogP contribution in [0, 0.1) is 0 Å². The summed E-state index contributed by atoms with van der Waals surface area (Å²) in [6, 6.07) is 11.2. The van der Waals surface area contributed by atoms with Crippen LogP contribution >= 0.6 is 0 Å². The normalized spacial score (nSPS) is 22.3. The van der Waals surface area contributed by atoms with Gasteiger partial charge in [0.15, 0.2) is 0 Å². The third-order valence-electron chi connectivity index (χ3n) is 8.23. The van der Waals surface area contributed by atoms with E-state index in [1.807, 2.05) is 12.3 Å². The Morgan fingerprint density at radius 3 is 2.53 bits per heavy atom. The first kappa shape index (κ1) is 23.5. The molecule has 3 aromatic rings. The maximum Gasteiger partial charge on any atom is 0.225 e. The molecule has 2 aliphatic carbocycles. The third kappa shape index (κ3) is 5.12. The van der Waals surface area contributed by atoms with Crippen LogP contribution in [0.3, 0.4) is 0 Å². The maximum atomic E-state index is 5.17. The number of fused-ring (bicyclic) bond motifs is 1. The zero-order valence-corrected chi connectivity index (χ0v) is 21.3. The fraction of sp³-hybridized carbons (Fsp3) is 0.552. The van der Waals surface area contributed by atoms with Crippen molar-refractivity contribution in [2.24, 2.45) is 0 Å². The van der Waals surface area contributed by atoms with Crippen molar-refractivity contribution < 1.29 is 0 Å². The second-order valence-electron chi connectivity index (χ2n) is 10.7. The van der Waals surface area contributed by atoms with Gasteiger partial charge >= 0.3 is 0 Å². The van der Waals surface area contributed by atoms with E-state index < -0.39 is 0 Å². The van der Waals surface area contributed by atoms with E-state index >= 15 is 0 Å². The molecule has 0 bridgehead atoms. The molecule has 3 N–H and O–H groups in total. The van der Waals surface area contributed by atoms with E-state index in [9.17, 15) is 0 Å². The second-order valence-corrected chi connectivity index (χ2v) is 10.7. The topological polar surface area (TPSA) is 81.8 Å². The fourth-order valence-electron chi connectivity index (χ4n) is 6.27. The minimum Gasteiger partial charge on any atom is -0.356 e. The number of nitrogens with one attached hydrogen (secondary N) is 3. The van der Waals surface area contributed by atoms with Crippen molar-refractivity contribution in [3.05, 3.63) is 53.3 Å². The number of benzene rings is 1. The Hall–Kier alpha value is -2.93. The molecule has 0 spiro atoms. The Labute approximate surface area is 214 Å². The molecule has 2 aromatic heterocycles. The molecule has 190 valence electrons. The predicted octanol–water partition coefficient (Wildman–Crippen LogP) is 5.25. The van der Waals surface area contributed by atoms with E-state index in [1.54, 1.807) is 0 Å². The first-order valence-electron chi connectivity index (χ1n) is 14.1. The first-order chi connectivity index (χ1) is 17.8. The van der Waals surface area contributed by atoms with Gasteiger partial charge in [-0.1, -0.05) is 43.2 Å². The third-order valence-corrected chi connectivity index (χ3v) is 8.23. The molecule has 1 aromatic carbocycles. The highest BCUT2D eigenvalue weighted by atomic mass is 15.2. The maximum absolute atomic E-state index is 5.17.